The van der Waals surface area contributed by atoms with E-state index in [9.17, 15) is 0 Å². The highest BCUT2D eigenvalue weighted by Gasteiger charge is 2.07. The van der Waals surface area contributed by atoms with Gasteiger partial charge in [-0.25, -0.2) is 9.97 Å². The lowest BCUT2D eigenvalue weighted by Gasteiger charge is -2.20. The van der Waals surface area contributed by atoms with Crippen molar-refractivity contribution >= 4 is 16.7 Å². The average Bonchev–Trinajstić information content (AvgIpc) is 2.59. The summed E-state index contributed by atoms with van der Waals surface area (Å²) >= 11 is 0. The van der Waals surface area contributed by atoms with E-state index in [1.54, 1.807) is 0 Å². The summed E-state index contributed by atoms with van der Waals surface area (Å²) in [6, 6.07) is 7.93. The molecule has 1 aromatic heterocycles. The summed E-state index contributed by atoms with van der Waals surface area (Å²) in [4.78, 5) is 11.2. The highest BCUT2D eigenvalue weighted by molar-refractivity contribution is 5.88. The predicted octanol–water partition coefficient (Wildman–Crippen LogP) is 0.220. The number of aliphatic hydroxyl groups excluding tert-OH is 2. The lowest BCUT2D eigenvalue weighted by atomic mass is 10.2. The Balaban J connectivity index is 1.98. The third kappa shape index (κ3) is 5.38. The minimum absolute atomic E-state index is 0.104. The standard InChI is InChI=1S/C17H27N5O2/c18-7-6-16-20-15-5-2-1-4-14(15)17(21-16)19-8-3-9-22(10-12-23)11-13-24/h1-2,4-5,23-24H,3,6-13,18H2,(H,19,20,21). The first-order valence-corrected chi connectivity index (χ1v) is 8.42. The Bertz CT molecular complexity index is 617. The van der Waals surface area contributed by atoms with Gasteiger partial charge in [-0.2, -0.15) is 0 Å². The Morgan fingerprint density at radius 2 is 1.79 bits per heavy atom. The van der Waals surface area contributed by atoms with E-state index in [1.807, 2.05) is 29.2 Å². The van der Waals surface area contributed by atoms with Crippen LogP contribution in [0.5, 0.6) is 0 Å². The zero-order valence-corrected chi connectivity index (χ0v) is 14.0. The topological polar surface area (TPSA) is 108 Å². The SMILES string of the molecule is NCCc1nc(NCCCN(CCO)CCO)c2ccccc2n1. The summed E-state index contributed by atoms with van der Waals surface area (Å²) in [5.41, 5.74) is 6.54. The molecule has 0 bridgehead atoms. The van der Waals surface area contributed by atoms with Gasteiger partial charge in [0.2, 0.25) is 0 Å². The van der Waals surface area contributed by atoms with E-state index >= 15 is 0 Å². The molecule has 1 aromatic carbocycles. The van der Waals surface area contributed by atoms with Gasteiger partial charge in [0.1, 0.15) is 11.6 Å². The molecule has 132 valence electrons. The maximum atomic E-state index is 9.03. The quantitative estimate of drug-likeness (QED) is 0.436. The smallest absolute Gasteiger partial charge is 0.137 e. The van der Waals surface area contributed by atoms with Crippen molar-refractivity contribution in [3.8, 4) is 0 Å². The molecule has 0 aliphatic rings. The molecular weight excluding hydrogens is 306 g/mol. The van der Waals surface area contributed by atoms with Crippen LogP contribution in [0.3, 0.4) is 0 Å². The van der Waals surface area contributed by atoms with Gasteiger partial charge in [-0.3, -0.25) is 4.90 Å². The molecule has 7 nitrogen and oxygen atoms in total. The van der Waals surface area contributed by atoms with Gasteiger partial charge in [-0.15, -0.1) is 0 Å². The van der Waals surface area contributed by atoms with E-state index in [0.717, 1.165) is 42.1 Å². The maximum absolute atomic E-state index is 9.03. The summed E-state index contributed by atoms with van der Waals surface area (Å²) in [6.07, 6.45) is 1.55. The highest BCUT2D eigenvalue weighted by Crippen LogP contribution is 2.20. The number of benzene rings is 1. The van der Waals surface area contributed by atoms with Crippen LogP contribution < -0.4 is 11.1 Å². The Labute approximate surface area is 142 Å². The summed E-state index contributed by atoms with van der Waals surface area (Å²) in [7, 11) is 0. The van der Waals surface area contributed by atoms with E-state index in [1.165, 1.54) is 0 Å². The van der Waals surface area contributed by atoms with Gasteiger partial charge in [-0.1, -0.05) is 12.1 Å². The molecule has 7 heteroatoms. The second-order valence-electron chi connectivity index (χ2n) is 5.61. The van der Waals surface area contributed by atoms with E-state index in [0.29, 0.717) is 26.1 Å². The van der Waals surface area contributed by atoms with Crippen LogP contribution in [-0.4, -0.2) is 71.0 Å². The molecule has 0 spiro atoms. The lowest BCUT2D eigenvalue weighted by molar-refractivity contribution is 0.161. The average molecular weight is 333 g/mol. The Hall–Kier alpha value is -1.80. The van der Waals surface area contributed by atoms with Crippen molar-refractivity contribution in [1.82, 2.24) is 14.9 Å². The number of hydrogen-bond acceptors (Lipinski definition) is 7. The molecule has 0 radical (unpaired) electrons. The van der Waals surface area contributed by atoms with Crippen molar-refractivity contribution < 1.29 is 10.2 Å². The normalized spacial score (nSPS) is 11.3. The van der Waals surface area contributed by atoms with E-state index in [2.05, 4.69) is 15.3 Å². The third-order valence-corrected chi connectivity index (χ3v) is 3.79. The maximum Gasteiger partial charge on any atom is 0.137 e. The molecule has 5 N–H and O–H groups in total. The molecule has 0 amide bonds. The summed E-state index contributed by atoms with van der Waals surface area (Å²) in [6.45, 7) is 3.46. The highest BCUT2D eigenvalue weighted by atomic mass is 16.3. The van der Waals surface area contributed by atoms with Crippen LogP contribution >= 0.6 is 0 Å². The molecule has 0 saturated heterocycles. The number of aliphatic hydroxyl groups is 2. The fraction of sp³-hybridized carbons (Fsp3) is 0.529. The number of nitrogens with one attached hydrogen (secondary N) is 1. The van der Waals surface area contributed by atoms with Crippen LogP contribution in [-0.2, 0) is 6.42 Å². The fourth-order valence-corrected chi connectivity index (χ4v) is 2.63. The van der Waals surface area contributed by atoms with Gasteiger partial charge in [0.15, 0.2) is 0 Å². The molecule has 2 aromatic rings. The van der Waals surface area contributed by atoms with Gasteiger partial charge in [0.05, 0.1) is 18.7 Å². The van der Waals surface area contributed by atoms with E-state index in [4.69, 9.17) is 15.9 Å². The zero-order valence-electron chi connectivity index (χ0n) is 14.0. The van der Waals surface area contributed by atoms with Gasteiger partial charge in [0, 0.05) is 31.4 Å². The first-order valence-electron chi connectivity index (χ1n) is 8.42. The van der Waals surface area contributed by atoms with Crippen molar-refractivity contribution in [3.63, 3.8) is 0 Å². The predicted molar refractivity (Wildman–Crippen MR) is 96.0 cm³/mol. The Kier molecular flexibility index (Phi) is 7.84. The number of aromatic nitrogens is 2. The molecule has 0 unspecified atom stereocenters. The second-order valence-corrected chi connectivity index (χ2v) is 5.61. The molecule has 0 fully saturated rings. The lowest BCUT2D eigenvalue weighted by Crippen LogP contribution is -2.31. The molecule has 1 heterocycles. The number of anilines is 1. The minimum atomic E-state index is 0.104. The number of fused-ring (bicyclic) bond motifs is 1. The number of nitrogens with two attached hydrogens (primary N) is 1. The van der Waals surface area contributed by atoms with Crippen LogP contribution in [0.2, 0.25) is 0 Å². The van der Waals surface area contributed by atoms with Crippen molar-refractivity contribution in [2.45, 2.75) is 12.8 Å². The summed E-state index contributed by atoms with van der Waals surface area (Å²) in [5, 5.41) is 22.4. The number of para-hydroxylation sites is 1. The van der Waals surface area contributed by atoms with Crippen molar-refractivity contribution in [3.05, 3.63) is 30.1 Å². The number of nitrogens with zero attached hydrogens (tertiary/aromatic N) is 3. The number of hydrogen-bond donors (Lipinski definition) is 4. The summed E-state index contributed by atoms with van der Waals surface area (Å²) < 4.78 is 0. The van der Waals surface area contributed by atoms with Crippen molar-refractivity contribution in [2.75, 3.05) is 51.3 Å². The van der Waals surface area contributed by atoms with E-state index < -0.39 is 0 Å². The number of rotatable bonds is 11. The van der Waals surface area contributed by atoms with Gasteiger partial charge < -0.3 is 21.3 Å². The summed E-state index contributed by atoms with van der Waals surface area (Å²) in [5.74, 6) is 1.58. The van der Waals surface area contributed by atoms with Gasteiger partial charge in [0.25, 0.3) is 0 Å². The van der Waals surface area contributed by atoms with Crippen LogP contribution in [0.4, 0.5) is 5.82 Å². The molecular formula is C17H27N5O2. The van der Waals surface area contributed by atoms with Crippen LogP contribution in [0.1, 0.15) is 12.2 Å². The molecule has 0 aliphatic heterocycles. The first-order chi connectivity index (χ1) is 11.8. The molecule has 0 aliphatic carbocycles. The molecule has 0 saturated carbocycles. The molecule has 2 rings (SSSR count). The largest absolute Gasteiger partial charge is 0.395 e. The van der Waals surface area contributed by atoms with Gasteiger partial charge >= 0.3 is 0 Å². The van der Waals surface area contributed by atoms with E-state index in [-0.39, 0.29) is 13.2 Å². The fourth-order valence-electron chi connectivity index (χ4n) is 2.63. The van der Waals surface area contributed by atoms with Gasteiger partial charge in [-0.05, 0) is 31.6 Å². The molecule has 0 atom stereocenters. The molecule has 24 heavy (non-hydrogen) atoms. The monoisotopic (exact) mass is 333 g/mol. The van der Waals surface area contributed by atoms with Crippen LogP contribution in [0.15, 0.2) is 24.3 Å². The second kappa shape index (κ2) is 10.1. The van der Waals surface area contributed by atoms with Crippen LogP contribution in [0, 0.1) is 0 Å². The first kappa shape index (κ1) is 18.5. The third-order valence-electron chi connectivity index (χ3n) is 3.79. The van der Waals surface area contributed by atoms with Crippen LogP contribution in [0.25, 0.3) is 10.9 Å². The van der Waals surface area contributed by atoms with Crippen molar-refractivity contribution in [2.24, 2.45) is 5.73 Å². The minimum Gasteiger partial charge on any atom is -0.395 e. The Morgan fingerprint density at radius 1 is 1.04 bits per heavy atom. The Morgan fingerprint density at radius 3 is 2.50 bits per heavy atom. The van der Waals surface area contributed by atoms with Crippen molar-refractivity contribution in [1.29, 1.82) is 0 Å². The zero-order chi connectivity index (χ0) is 17.2.